The van der Waals surface area contributed by atoms with Crippen molar-refractivity contribution in [3.8, 4) is 11.1 Å². The van der Waals surface area contributed by atoms with E-state index in [4.69, 9.17) is 5.73 Å². The Kier molecular flexibility index (Phi) is 3.84. The van der Waals surface area contributed by atoms with Gasteiger partial charge in [-0.25, -0.2) is 4.39 Å². The van der Waals surface area contributed by atoms with E-state index in [9.17, 15) is 4.79 Å². The van der Waals surface area contributed by atoms with Crippen molar-refractivity contribution in [1.29, 1.82) is 0 Å². The van der Waals surface area contributed by atoms with Crippen molar-refractivity contribution in [2.45, 2.75) is 26.8 Å². The van der Waals surface area contributed by atoms with Crippen LogP contribution in [0.2, 0.25) is 0 Å². The number of hydrogen-bond acceptors (Lipinski definition) is 2. The van der Waals surface area contributed by atoms with Crippen LogP contribution in [0, 0.1) is 19.7 Å². The van der Waals surface area contributed by atoms with E-state index in [1.165, 1.54) is 17.2 Å². The summed E-state index contributed by atoms with van der Waals surface area (Å²) >= 11 is 0. The zero-order chi connectivity index (χ0) is 18.6. The van der Waals surface area contributed by atoms with Crippen molar-refractivity contribution in [2.75, 3.05) is 13.6 Å². The first-order valence-corrected chi connectivity index (χ1v) is 8.79. The van der Waals surface area contributed by atoms with Crippen LogP contribution in [0.3, 0.4) is 0 Å². The first kappa shape index (κ1) is 16.8. The monoisotopic (exact) mass is 351 g/mol. The van der Waals surface area contributed by atoms with Crippen molar-refractivity contribution in [2.24, 2.45) is 5.73 Å². The van der Waals surface area contributed by atoms with Crippen LogP contribution in [0.25, 0.3) is 22.0 Å². The Bertz CT molecular complexity index is 1050. The second-order valence-electron chi connectivity index (χ2n) is 7.20. The fourth-order valence-electron chi connectivity index (χ4n) is 4.07. The van der Waals surface area contributed by atoms with Crippen LogP contribution in [0.4, 0.5) is 4.39 Å². The zero-order valence-corrected chi connectivity index (χ0v) is 15.2. The largest absolute Gasteiger partial charge is 0.366 e. The minimum atomic E-state index is -0.626. The molecule has 0 saturated heterocycles. The predicted molar refractivity (Wildman–Crippen MR) is 102 cm³/mol. The third-order valence-corrected chi connectivity index (χ3v) is 5.52. The highest BCUT2D eigenvalue weighted by atomic mass is 19.1. The Hall–Kier alpha value is -2.66. The van der Waals surface area contributed by atoms with Crippen LogP contribution in [-0.4, -0.2) is 29.4 Å². The molecule has 2 aromatic carbocycles. The van der Waals surface area contributed by atoms with E-state index in [1.807, 2.05) is 26.0 Å². The van der Waals surface area contributed by atoms with Gasteiger partial charge in [0, 0.05) is 29.7 Å². The van der Waals surface area contributed by atoms with Gasteiger partial charge >= 0.3 is 0 Å². The number of halogens is 1. The first-order valence-electron chi connectivity index (χ1n) is 8.79. The quantitative estimate of drug-likeness (QED) is 0.740. The van der Waals surface area contributed by atoms with Crippen LogP contribution >= 0.6 is 0 Å². The Morgan fingerprint density at radius 2 is 2.08 bits per heavy atom. The van der Waals surface area contributed by atoms with Gasteiger partial charge in [-0.1, -0.05) is 18.2 Å². The van der Waals surface area contributed by atoms with Crippen molar-refractivity contribution < 1.29 is 9.18 Å². The topological polar surface area (TPSA) is 62.1 Å². The van der Waals surface area contributed by atoms with E-state index in [1.54, 1.807) is 0 Å². The molecule has 1 amide bonds. The Labute approximate surface area is 151 Å². The Balaban J connectivity index is 2.08. The standard InChI is InChI=1S/C21H22FN3O/c1-11-12(2)24-20-16(21(23)26)9-17(22)19(18(11)20)15-6-4-5-13-10-25(3)8-7-14(13)15/h4-6,9,24H,7-8,10H2,1-3H3,(H2,23,26). The molecule has 2 heterocycles. The summed E-state index contributed by atoms with van der Waals surface area (Å²) in [5.74, 6) is -1.03. The van der Waals surface area contributed by atoms with Crippen LogP contribution < -0.4 is 5.73 Å². The number of aromatic amines is 1. The number of hydrogen-bond donors (Lipinski definition) is 2. The first-order chi connectivity index (χ1) is 12.4. The molecule has 134 valence electrons. The number of rotatable bonds is 2. The molecule has 0 fully saturated rings. The zero-order valence-electron chi connectivity index (χ0n) is 15.2. The van der Waals surface area contributed by atoms with Gasteiger partial charge in [-0.3, -0.25) is 4.79 Å². The molecule has 3 aromatic rings. The summed E-state index contributed by atoms with van der Waals surface area (Å²) in [7, 11) is 2.09. The predicted octanol–water partition coefficient (Wildman–Crippen LogP) is 3.68. The van der Waals surface area contributed by atoms with Crippen LogP contribution in [0.1, 0.15) is 32.7 Å². The molecule has 26 heavy (non-hydrogen) atoms. The number of H-pyrrole nitrogens is 1. The number of benzene rings is 2. The van der Waals surface area contributed by atoms with Crippen LogP contribution in [0.15, 0.2) is 24.3 Å². The van der Waals surface area contributed by atoms with Gasteiger partial charge in [0.05, 0.1) is 11.1 Å². The molecule has 0 spiro atoms. The van der Waals surface area contributed by atoms with Crippen molar-refractivity contribution in [3.63, 3.8) is 0 Å². The normalized spacial score (nSPS) is 14.6. The average Bonchev–Trinajstić information content (AvgIpc) is 2.89. The molecule has 5 heteroatoms. The number of likely N-dealkylation sites (N-methyl/N-ethyl adjacent to an activating group) is 1. The highest BCUT2D eigenvalue weighted by molar-refractivity contribution is 6.11. The summed E-state index contributed by atoms with van der Waals surface area (Å²) in [6, 6.07) is 7.34. The van der Waals surface area contributed by atoms with Gasteiger partial charge in [-0.15, -0.1) is 0 Å². The number of amides is 1. The molecule has 1 aliphatic rings. The summed E-state index contributed by atoms with van der Waals surface area (Å²) < 4.78 is 15.2. The maximum absolute atomic E-state index is 15.2. The molecule has 0 atom stereocenters. The number of carbonyl (C=O) groups excluding carboxylic acids is 1. The Morgan fingerprint density at radius 3 is 2.81 bits per heavy atom. The number of nitrogens with zero attached hydrogens (tertiary/aromatic N) is 1. The van der Waals surface area contributed by atoms with Gasteiger partial charge in [-0.2, -0.15) is 0 Å². The minimum Gasteiger partial charge on any atom is -0.366 e. The van der Waals surface area contributed by atoms with Gasteiger partial charge < -0.3 is 15.6 Å². The second-order valence-corrected chi connectivity index (χ2v) is 7.20. The van der Waals surface area contributed by atoms with E-state index in [-0.39, 0.29) is 5.56 Å². The molecule has 0 bridgehead atoms. The highest BCUT2D eigenvalue weighted by Crippen LogP contribution is 2.39. The number of nitrogens with one attached hydrogen (secondary N) is 1. The van der Waals surface area contributed by atoms with E-state index in [2.05, 4.69) is 23.0 Å². The molecule has 3 N–H and O–H groups in total. The molecule has 0 radical (unpaired) electrons. The van der Waals surface area contributed by atoms with E-state index >= 15 is 4.39 Å². The van der Waals surface area contributed by atoms with Crippen molar-refractivity contribution in [1.82, 2.24) is 9.88 Å². The minimum absolute atomic E-state index is 0.196. The molecule has 0 saturated carbocycles. The summed E-state index contributed by atoms with van der Waals surface area (Å²) in [4.78, 5) is 17.3. The fraction of sp³-hybridized carbons (Fsp3) is 0.286. The second kappa shape index (κ2) is 5.95. The lowest BCUT2D eigenvalue weighted by molar-refractivity contribution is 0.100. The fourth-order valence-corrected chi connectivity index (χ4v) is 4.07. The van der Waals surface area contributed by atoms with E-state index in [0.717, 1.165) is 41.7 Å². The average molecular weight is 351 g/mol. The van der Waals surface area contributed by atoms with E-state index < -0.39 is 11.7 Å². The lowest BCUT2D eigenvalue weighted by Crippen LogP contribution is -2.26. The molecule has 0 unspecified atom stereocenters. The number of aromatic nitrogens is 1. The summed E-state index contributed by atoms with van der Waals surface area (Å²) in [6.07, 6.45) is 0.878. The third-order valence-electron chi connectivity index (χ3n) is 5.52. The van der Waals surface area contributed by atoms with Gasteiger partial charge in [0.15, 0.2) is 0 Å². The number of aryl methyl sites for hydroxylation is 2. The third kappa shape index (κ3) is 2.42. The summed E-state index contributed by atoms with van der Waals surface area (Å²) in [6.45, 7) is 5.68. The Morgan fingerprint density at radius 1 is 1.31 bits per heavy atom. The SMILES string of the molecule is Cc1[nH]c2c(C(N)=O)cc(F)c(-c3cccc4c3CCN(C)C4)c2c1C. The number of primary amides is 1. The van der Waals surface area contributed by atoms with Gasteiger partial charge in [0.1, 0.15) is 5.82 Å². The molecule has 4 nitrogen and oxygen atoms in total. The molecule has 0 aliphatic carbocycles. The number of fused-ring (bicyclic) bond motifs is 2. The molecular weight excluding hydrogens is 329 g/mol. The van der Waals surface area contributed by atoms with Crippen molar-refractivity contribution >= 4 is 16.8 Å². The van der Waals surface area contributed by atoms with Gasteiger partial charge in [-0.05, 0) is 55.6 Å². The summed E-state index contributed by atoms with van der Waals surface area (Å²) in [5.41, 5.74) is 12.1. The maximum Gasteiger partial charge on any atom is 0.250 e. The molecule has 1 aliphatic heterocycles. The van der Waals surface area contributed by atoms with Crippen molar-refractivity contribution in [3.05, 3.63) is 58.0 Å². The highest BCUT2D eigenvalue weighted by Gasteiger charge is 2.24. The molecule has 1 aromatic heterocycles. The number of nitrogens with two attached hydrogens (primary N) is 1. The molecular formula is C21H22FN3O. The molecule has 4 rings (SSSR count). The van der Waals surface area contributed by atoms with Gasteiger partial charge in [0.25, 0.3) is 5.91 Å². The summed E-state index contributed by atoms with van der Waals surface area (Å²) in [5, 5.41) is 0.753. The lowest BCUT2D eigenvalue weighted by Gasteiger charge is -2.27. The van der Waals surface area contributed by atoms with E-state index in [0.29, 0.717) is 11.1 Å². The smallest absolute Gasteiger partial charge is 0.250 e. The van der Waals surface area contributed by atoms with Gasteiger partial charge in [0.2, 0.25) is 0 Å². The maximum atomic E-state index is 15.2. The number of carbonyl (C=O) groups is 1. The lowest BCUT2D eigenvalue weighted by atomic mass is 9.87. The van der Waals surface area contributed by atoms with Crippen LogP contribution in [0.5, 0.6) is 0 Å². The van der Waals surface area contributed by atoms with Crippen LogP contribution in [-0.2, 0) is 13.0 Å².